The standard InChI is InChI=1S/C13H20N2O3/c1-9(2)18-8-7-15-12-10(13(16)17-3)5-4-6-11(12)14/h4-6,9,15H,7-8,14H2,1-3H3. The summed E-state index contributed by atoms with van der Waals surface area (Å²) in [6.07, 6.45) is 0.181. The number of methoxy groups -OCH3 is 1. The first kappa shape index (κ1) is 14.3. The number of rotatable bonds is 6. The Morgan fingerprint density at radius 1 is 1.44 bits per heavy atom. The van der Waals surface area contributed by atoms with E-state index in [1.165, 1.54) is 7.11 Å². The predicted octanol–water partition coefficient (Wildman–Crippen LogP) is 1.89. The SMILES string of the molecule is COC(=O)c1cccc(N)c1NCCOC(C)C. The first-order valence-corrected chi connectivity index (χ1v) is 5.88. The lowest BCUT2D eigenvalue weighted by atomic mass is 10.1. The summed E-state index contributed by atoms with van der Waals surface area (Å²) in [5, 5.41) is 3.10. The number of nitrogens with one attached hydrogen (secondary N) is 1. The molecule has 1 aromatic rings. The molecule has 1 rings (SSSR count). The molecular formula is C13H20N2O3. The molecule has 0 aliphatic heterocycles. The third kappa shape index (κ3) is 3.92. The van der Waals surface area contributed by atoms with Gasteiger partial charge >= 0.3 is 5.97 Å². The van der Waals surface area contributed by atoms with Crippen molar-refractivity contribution in [2.75, 3.05) is 31.3 Å². The van der Waals surface area contributed by atoms with E-state index < -0.39 is 5.97 Å². The lowest BCUT2D eigenvalue weighted by Crippen LogP contribution is -2.16. The molecule has 0 unspecified atom stereocenters. The number of anilines is 2. The number of para-hydroxylation sites is 1. The molecule has 0 aromatic heterocycles. The Hall–Kier alpha value is -1.75. The summed E-state index contributed by atoms with van der Waals surface area (Å²) in [7, 11) is 1.34. The van der Waals surface area contributed by atoms with Crippen LogP contribution in [0.15, 0.2) is 18.2 Å². The summed E-state index contributed by atoms with van der Waals surface area (Å²) >= 11 is 0. The Labute approximate surface area is 107 Å². The van der Waals surface area contributed by atoms with E-state index in [1.807, 2.05) is 13.8 Å². The number of hydrogen-bond donors (Lipinski definition) is 2. The van der Waals surface area contributed by atoms with Crippen molar-refractivity contribution in [3.8, 4) is 0 Å². The molecule has 0 atom stereocenters. The maximum Gasteiger partial charge on any atom is 0.340 e. The normalized spacial score (nSPS) is 10.4. The Kier molecular flexibility index (Phi) is 5.45. The maximum atomic E-state index is 11.6. The van der Waals surface area contributed by atoms with Gasteiger partial charge in [-0.3, -0.25) is 0 Å². The molecule has 0 aliphatic carbocycles. The van der Waals surface area contributed by atoms with Gasteiger partial charge in [0.2, 0.25) is 0 Å². The molecule has 0 spiro atoms. The van der Waals surface area contributed by atoms with Crippen LogP contribution in [-0.4, -0.2) is 32.3 Å². The summed E-state index contributed by atoms with van der Waals surface area (Å²) in [5.41, 5.74) is 7.39. The van der Waals surface area contributed by atoms with Gasteiger partial charge in [0.05, 0.1) is 36.8 Å². The average molecular weight is 252 g/mol. The number of nitrogens with two attached hydrogens (primary N) is 1. The first-order chi connectivity index (χ1) is 8.56. The van der Waals surface area contributed by atoms with Gasteiger partial charge in [-0.05, 0) is 26.0 Å². The van der Waals surface area contributed by atoms with E-state index in [0.29, 0.717) is 30.1 Å². The molecule has 0 aliphatic rings. The molecule has 5 heteroatoms. The van der Waals surface area contributed by atoms with Gasteiger partial charge in [-0.2, -0.15) is 0 Å². The van der Waals surface area contributed by atoms with Gasteiger partial charge in [0.1, 0.15) is 0 Å². The highest BCUT2D eigenvalue weighted by molar-refractivity contribution is 5.98. The van der Waals surface area contributed by atoms with Gasteiger partial charge in [-0.25, -0.2) is 4.79 Å². The number of carbonyl (C=O) groups excluding carboxylic acids is 1. The second-order valence-electron chi connectivity index (χ2n) is 4.11. The zero-order chi connectivity index (χ0) is 13.5. The van der Waals surface area contributed by atoms with Gasteiger partial charge in [0.15, 0.2) is 0 Å². The largest absolute Gasteiger partial charge is 0.465 e. The third-order valence-electron chi connectivity index (χ3n) is 2.36. The number of benzene rings is 1. The summed E-state index contributed by atoms with van der Waals surface area (Å²) in [6, 6.07) is 5.13. The number of nitrogen functional groups attached to an aromatic ring is 1. The summed E-state index contributed by atoms with van der Waals surface area (Å²) in [4.78, 5) is 11.6. The number of carbonyl (C=O) groups is 1. The van der Waals surface area contributed by atoms with E-state index >= 15 is 0 Å². The zero-order valence-corrected chi connectivity index (χ0v) is 11.0. The Morgan fingerprint density at radius 2 is 2.17 bits per heavy atom. The monoisotopic (exact) mass is 252 g/mol. The van der Waals surface area contributed by atoms with Crippen molar-refractivity contribution in [2.45, 2.75) is 20.0 Å². The van der Waals surface area contributed by atoms with E-state index in [2.05, 4.69) is 5.32 Å². The summed E-state index contributed by atoms with van der Waals surface area (Å²) < 4.78 is 10.1. The van der Waals surface area contributed by atoms with Crippen molar-refractivity contribution in [3.63, 3.8) is 0 Å². The molecule has 3 N–H and O–H groups in total. The van der Waals surface area contributed by atoms with Crippen molar-refractivity contribution in [1.29, 1.82) is 0 Å². The minimum atomic E-state index is -0.408. The molecule has 5 nitrogen and oxygen atoms in total. The van der Waals surface area contributed by atoms with Crippen LogP contribution in [0.25, 0.3) is 0 Å². The van der Waals surface area contributed by atoms with Crippen LogP contribution < -0.4 is 11.1 Å². The fourth-order valence-corrected chi connectivity index (χ4v) is 1.52. The molecule has 0 bridgehead atoms. The Balaban J connectivity index is 2.71. The van der Waals surface area contributed by atoms with E-state index in [9.17, 15) is 4.79 Å². The highest BCUT2D eigenvalue weighted by Crippen LogP contribution is 2.23. The second kappa shape index (κ2) is 6.86. The van der Waals surface area contributed by atoms with E-state index in [-0.39, 0.29) is 6.10 Å². The lowest BCUT2D eigenvalue weighted by molar-refractivity contribution is 0.0601. The minimum Gasteiger partial charge on any atom is -0.465 e. The van der Waals surface area contributed by atoms with Crippen LogP contribution in [0.1, 0.15) is 24.2 Å². The van der Waals surface area contributed by atoms with Crippen molar-refractivity contribution in [1.82, 2.24) is 0 Å². The molecule has 0 saturated carbocycles. The smallest absolute Gasteiger partial charge is 0.340 e. The predicted molar refractivity (Wildman–Crippen MR) is 71.8 cm³/mol. The van der Waals surface area contributed by atoms with Crippen LogP contribution in [0.2, 0.25) is 0 Å². The van der Waals surface area contributed by atoms with Gasteiger partial charge in [-0.15, -0.1) is 0 Å². The molecule has 0 fully saturated rings. The molecule has 100 valence electrons. The minimum absolute atomic E-state index is 0.181. The first-order valence-electron chi connectivity index (χ1n) is 5.88. The van der Waals surface area contributed by atoms with Crippen molar-refractivity contribution in [2.24, 2.45) is 0 Å². The van der Waals surface area contributed by atoms with Crippen molar-refractivity contribution < 1.29 is 14.3 Å². The number of hydrogen-bond acceptors (Lipinski definition) is 5. The fraction of sp³-hybridized carbons (Fsp3) is 0.462. The van der Waals surface area contributed by atoms with Crippen molar-refractivity contribution >= 4 is 17.3 Å². The molecular weight excluding hydrogens is 232 g/mol. The van der Waals surface area contributed by atoms with Crippen LogP contribution in [-0.2, 0) is 9.47 Å². The Bertz CT molecular complexity index is 405. The molecule has 0 saturated heterocycles. The van der Waals surface area contributed by atoms with Gasteiger partial charge < -0.3 is 20.5 Å². The van der Waals surface area contributed by atoms with Gasteiger partial charge in [-0.1, -0.05) is 6.07 Å². The zero-order valence-electron chi connectivity index (χ0n) is 11.0. The van der Waals surface area contributed by atoms with E-state index in [0.717, 1.165) is 0 Å². The van der Waals surface area contributed by atoms with Crippen LogP contribution >= 0.6 is 0 Å². The molecule has 0 amide bonds. The average Bonchev–Trinajstić information content (AvgIpc) is 2.34. The molecule has 0 heterocycles. The number of ether oxygens (including phenoxy) is 2. The third-order valence-corrected chi connectivity index (χ3v) is 2.36. The maximum absolute atomic E-state index is 11.6. The van der Waals surface area contributed by atoms with Crippen LogP contribution in [0.3, 0.4) is 0 Å². The second-order valence-corrected chi connectivity index (χ2v) is 4.11. The van der Waals surface area contributed by atoms with Crippen LogP contribution in [0.5, 0.6) is 0 Å². The lowest BCUT2D eigenvalue weighted by Gasteiger charge is -2.14. The quantitative estimate of drug-likeness (QED) is 0.459. The highest BCUT2D eigenvalue weighted by Gasteiger charge is 2.13. The molecule has 18 heavy (non-hydrogen) atoms. The number of esters is 1. The van der Waals surface area contributed by atoms with Crippen LogP contribution in [0.4, 0.5) is 11.4 Å². The summed E-state index contributed by atoms with van der Waals surface area (Å²) in [5.74, 6) is -0.408. The van der Waals surface area contributed by atoms with E-state index in [1.54, 1.807) is 18.2 Å². The van der Waals surface area contributed by atoms with E-state index in [4.69, 9.17) is 15.2 Å². The van der Waals surface area contributed by atoms with Crippen LogP contribution in [0, 0.1) is 0 Å². The molecule has 1 aromatic carbocycles. The topological polar surface area (TPSA) is 73.6 Å². The fourth-order valence-electron chi connectivity index (χ4n) is 1.52. The summed E-state index contributed by atoms with van der Waals surface area (Å²) in [6.45, 7) is 5.07. The van der Waals surface area contributed by atoms with Crippen molar-refractivity contribution in [3.05, 3.63) is 23.8 Å². The van der Waals surface area contributed by atoms with Gasteiger partial charge in [0, 0.05) is 6.54 Å². The highest BCUT2D eigenvalue weighted by atomic mass is 16.5. The molecule has 0 radical (unpaired) electrons. The van der Waals surface area contributed by atoms with Gasteiger partial charge in [0.25, 0.3) is 0 Å². The Morgan fingerprint density at radius 3 is 2.78 bits per heavy atom.